The summed E-state index contributed by atoms with van der Waals surface area (Å²) in [5.74, 6) is 0. The van der Waals surface area contributed by atoms with Crippen LogP contribution in [0.5, 0.6) is 0 Å². The number of nitrogens with one attached hydrogen (secondary N) is 4. The molecule has 0 spiro atoms. The second kappa shape index (κ2) is 20.4. The second-order valence-electron chi connectivity index (χ2n) is 19.3. The Labute approximate surface area is 355 Å². The van der Waals surface area contributed by atoms with Crippen molar-refractivity contribution in [3.05, 3.63) is 0 Å². The molecular formula is C38H69N5O18. The highest BCUT2D eigenvalue weighted by Crippen LogP contribution is 2.33. The van der Waals surface area contributed by atoms with Gasteiger partial charge in [-0.3, -0.25) is 0 Å². The Bertz CT molecular complexity index is 1480. The third-order valence-corrected chi connectivity index (χ3v) is 9.10. The molecule has 3 aliphatic rings. The van der Waals surface area contributed by atoms with Crippen molar-refractivity contribution in [3.8, 4) is 0 Å². The van der Waals surface area contributed by atoms with Crippen LogP contribution in [0, 0.1) is 0 Å². The minimum Gasteiger partial charge on any atom is -0.444 e. The van der Waals surface area contributed by atoms with Crippen LogP contribution in [0.4, 0.5) is 19.2 Å². The fourth-order valence-electron chi connectivity index (χ4n) is 6.62. The first-order valence-corrected chi connectivity index (χ1v) is 20.1. The predicted molar refractivity (Wildman–Crippen MR) is 210 cm³/mol. The standard InChI is InChI=1S/C38H69N5O18/c1-35(2,3)58-31(50)40-15-19-22(45)24(47)25(48)30(55-19)57-28-17(42-33(52)60-37(7,8)9)13-16(41-32(51)59-36(4,5)6)27(26(28)49)56-29-23(46)20(21(44)18(14-39)54-29)43-34(53)61-38(10,11)12/h16-30,44-49H,13-15,39H2,1-12H3,(H,40,50)(H,41,51)(H,42,52)(H,43,53). The molecule has 15 unspecified atom stereocenters. The summed E-state index contributed by atoms with van der Waals surface area (Å²) in [5.41, 5.74) is 2.04. The quantitative estimate of drug-likeness (QED) is 0.116. The molecule has 3 fully saturated rings. The van der Waals surface area contributed by atoms with E-state index in [0.717, 1.165) is 0 Å². The average Bonchev–Trinajstić information content (AvgIpc) is 3.07. The molecule has 0 aromatic heterocycles. The Kier molecular flexibility index (Phi) is 17.4. The first-order valence-electron chi connectivity index (χ1n) is 20.1. The first-order chi connectivity index (χ1) is 27.8. The van der Waals surface area contributed by atoms with Crippen molar-refractivity contribution in [2.75, 3.05) is 13.1 Å². The molecule has 15 atom stereocenters. The zero-order valence-corrected chi connectivity index (χ0v) is 36.9. The second-order valence-corrected chi connectivity index (χ2v) is 19.3. The van der Waals surface area contributed by atoms with Crippen LogP contribution in [0.25, 0.3) is 0 Å². The molecule has 2 heterocycles. The smallest absolute Gasteiger partial charge is 0.408 e. The molecule has 3 rings (SSSR count). The van der Waals surface area contributed by atoms with Gasteiger partial charge in [0.1, 0.15) is 83.4 Å². The number of aliphatic hydroxyl groups is 6. The van der Waals surface area contributed by atoms with E-state index in [1.807, 2.05) is 0 Å². The van der Waals surface area contributed by atoms with Gasteiger partial charge in [0.25, 0.3) is 0 Å². The van der Waals surface area contributed by atoms with E-state index in [0.29, 0.717) is 0 Å². The molecule has 23 heteroatoms. The van der Waals surface area contributed by atoms with Gasteiger partial charge in [0.15, 0.2) is 12.6 Å². The summed E-state index contributed by atoms with van der Waals surface area (Å²) < 4.78 is 45.4. The lowest BCUT2D eigenvalue weighted by Crippen LogP contribution is -2.70. The zero-order valence-electron chi connectivity index (χ0n) is 36.9. The Morgan fingerprint density at radius 1 is 0.525 bits per heavy atom. The number of aliphatic hydroxyl groups excluding tert-OH is 6. The van der Waals surface area contributed by atoms with Crippen molar-refractivity contribution in [1.82, 2.24) is 21.3 Å². The van der Waals surface area contributed by atoms with E-state index in [9.17, 15) is 49.8 Å². The third kappa shape index (κ3) is 15.7. The van der Waals surface area contributed by atoms with Crippen LogP contribution in [-0.2, 0) is 37.9 Å². The summed E-state index contributed by atoms with van der Waals surface area (Å²) in [7, 11) is 0. The summed E-state index contributed by atoms with van der Waals surface area (Å²) in [5, 5.41) is 77.5. The van der Waals surface area contributed by atoms with E-state index in [1.54, 1.807) is 83.1 Å². The number of rotatable bonds is 10. The lowest BCUT2D eigenvalue weighted by atomic mass is 9.83. The van der Waals surface area contributed by atoms with Gasteiger partial charge in [-0.2, -0.15) is 0 Å². The number of amides is 4. The molecule has 354 valence electrons. The van der Waals surface area contributed by atoms with Crippen LogP contribution < -0.4 is 27.0 Å². The highest BCUT2D eigenvalue weighted by atomic mass is 16.7. The molecule has 2 aliphatic heterocycles. The van der Waals surface area contributed by atoms with Crippen molar-refractivity contribution < 1.29 is 87.7 Å². The van der Waals surface area contributed by atoms with Crippen LogP contribution in [0.1, 0.15) is 89.5 Å². The largest absolute Gasteiger partial charge is 0.444 e. The Morgan fingerprint density at radius 3 is 1.34 bits per heavy atom. The van der Waals surface area contributed by atoms with Crippen LogP contribution in [0.2, 0.25) is 0 Å². The lowest BCUT2D eigenvalue weighted by molar-refractivity contribution is -0.332. The third-order valence-electron chi connectivity index (χ3n) is 9.10. The number of hydrogen-bond acceptors (Lipinski definition) is 19. The molecule has 61 heavy (non-hydrogen) atoms. The van der Waals surface area contributed by atoms with Crippen molar-refractivity contribution in [1.29, 1.82) is 0 Å². The molecule has 0 bridgehead atoms. The predicted octanol–water partition coefficient (Wildman–Crippen LogP) is -1.06. The highest BCUT2D eigenvalue weighted by molar-refractivity contribution is 5.70. The van der Waals surface area contributed by atoms with E-state index in [2.05, 4.69) is 21.3 Å². The SMILES string of the molecule is CC(C)(C)OC(=O)NCC1OC(OC2C(NC(=O)OC(C)(C)C)CC(NC(=O)OC(C)(C)C)C(OC3OC(CN)C(O)C(NC(=O)OC(C)(C)C)C3O)C2O)C(O)C(O)C1O. The molecule has 1 saturated carbocycles. The maximum Gasteiger partial charge on any atom is 0.408 e. The Hall–Kier alpha value is -3.36. The normalized spacial score (nSPS) is 35.0. The molecule has 0 aromatic carbocycles. The Balaban J connectivity index is 2.05. The summed E-state index contributed by atoms with van der Waals surface area (Å²) in [6.45, 7) is 18.5. The van der Waals surface area contributed by atoms with E-state index in [1.165, 1.54) is 0 Å². The van der Waals surface area contributed by atoms with Crippen LogP contribution in [0.3, 0.4) is 0 Å². The minimum atomic E-state index is -1.98. The van der Waals surface area contributed by atoms with Crippen LogP contribution >= 0.6 is 0 Å². The summed E-state index contributed by atoms with van der Waals surface area (Å²) >= 11 is 0. The van der Waals surface area contributed by atoms with Gasteiger partial charge in [-0.25, -0.2) is 19.2 Å². The topological polar surface area (TPSA) is 338 Å². The van der Waals surface area contributed by atoms with Crippen molar-refractivity contribution >= 4 is 24.4 Å². The number of carbonyl (C=O) groups is 4. The van der Waals surface area contributed by atoms with E-state index < -0.39 is 145 Å². The summed E-state index contributed by atoms with van der Waals surface area (Å²) in [6.07, 6.45) is -24.9. The average molecular weight is 884 g/mol. The summed E-state index contributed by atoms with van der Waals surface area (Å²) in [6, 6.07) is -4.13. The maximum absolute atomic E-state index is 13.3. The number of hydrogen-bond donors (Lipinski definition) is 11. The van der Waals surface area contributed by atoms with Gasteiger partial charge in [-0.15, -0.1) is 0 Å². The van der Waals surface area contributed by atoms with Crippen molar-refractivity contribution in [2.24, 2.45) is 5.73 Å². The molecule has 23 nitrogen and oxygen atoms in total. The first kappa shape index (κ1) is 52.0. The van der Waals surface area contributed by atoms with E-state index in [-0.39, 0.29) is 13.0 Å². The number of alkyl carbamates (subject to hydrolysis) is 4. The van der Waals surface area contributed by atoms with Crippen LogP contribution in [-0.4, -0.2) is 182 Å². The van der Waals surface area contributed by atoms with E-state index >= 15 is 0 Å². The molecule has 12 N–H and O–H groups in total. The highest BCUT2D eigenvalue weighted by Gasteiger charge is 2.54. The molecule has 0 aromatic rings. The monoisotopic (exact) mass is 883 g/mol. The molecular weight excluding hydrogens is 814 g/mol. The zero-order chi connectivity index (χ0) is 46.6. The lowest BCUT2D eigenvalue weighted by Gasteiger charge is -2.49. The van der Waals surface area contributed by atoms with Gasteiger partial charge >= 0.3 is 24.4 Å². The molecule has 4 amide bonds. The van der Waals surface area contributed by atoms with E-state index in [4.69, 9.17) is 43.6 Å². The van der Waals surface area contributed by atoms with Gasteiger partial charge in [0, 0.05) is 13.1 Å². The van der Waals surface area contributed by atoms with Gasteiger partial charge in [-0.1, -0.05) is 0 Å². The molecule has 0 radical (unpaired) electrons. The van der Waals surface area contributed by atoms with Crippen molar-refractivity contribution in [2.45, 2.75) is 204 Å². The van der Waals surface area contributed by atoms with Gasteiger partial charge < -0.3 is 95.5 Å². The number of carbonyl (C=O) groups excluding carboxylic acids is 4. The fourth-order valence-corrected chi connectivity index (χ4v) is 6.62. The maximum atomic E-state index is 13.3. The molecule has 1 aliphatic carbocycles. The van der Waals surface area contributed by atoms with Gasteiger partial charge in [0.2, 0.25) is 0 Å². The summed E-state index contributed by atoms with van der Waals surface area (Å²) in [4.78, 5) is 51.7. The van der Waals surface area contributed by atoms with Gasteiger partial charge in [0.05, 0.1) is 18.1 Å². The minimum absolute atomic E-state index is 0.338. The van der Waals surface area contributed by atoms with Gasteiger partial charge in [-0.05, 0) is 89.5 Å². The molecule has 2 saturated heterocycles. The number of nitrogens with two attached hydrogens (primary N) is 1. The number of ether oxygens (including phenoxy) is 8. The van der Waals surface area contributed by atoms with Crippen LogP contribution in [0.15, 0.2) is 0 Å². The fraction of sp³-hybridized carbons (Fsp3) is 0.895. The van der Waals surface area contributed by atoms with Crippen molar-refractivity contribution in [3.63, 3.8) is 0 Å². The Morgan fingerprint density at radius 2 is 0.918 bits per heavy atom.